The molecule has 4 nitrogen and oxygen atoms in total. The Morgan fingerprint density at radius 1 is 1.25 bits per heavy atom. The summed E-state index contributed by atoms with van der Waals surface area (Å²) < 4.78 is 19.5. The highest BCUT2D eigenvalue weighted by molar-refractivity contribution is 6.52. The van der Waals surface area contributed by atoms with Gasteiger partial charge in [-0.05, 0) is 45.4 Å². The fraction of sp³-hybridized carbons (Fsp3) is 0.467. The number of fused-ring (bicyclic) bond motifs is 1. The van der Waals surface area contributed by atoms with Gasteiger partial charge in [0.1, 0.15) is 5.82 Å². The number of amides is 1. The highest BCUT2D eigenvalue weighted by atomic mass is 19.1. The fourth-order valence-electron chi connectivity index (χ4n) is 2.18. The minimum Gasteiger partial charge on any atom is -0.374 e. The molecule has 0 spiro atoms. The summed E-state index contributed by atoms with van der Waals surface area (Å²) in [4.78, 5) is 25.0. The van der Waals surface area contributed by atoms with E-state index >= 15 is 0 Å². The normalized spacial score (nSPS) is 14.9. The Kier molecular flexibility index (Phi) is 3.65. The fourth-order valence-corrected chi connectivity index (χ4v) is 2.18. The Morgan fingerprint density at radius 2 is 1.90 bits per heavy atom. The first-order valence-electron chi connectivity index (χ1n) is 6.51. The summed E-state index contributed by atoms with van der Waals surface area (Å²) in [5.74, 6) is -1.89. The average molecular weight is 279 g/mol. The Morgan fingerprint density at radius 3 is 2.50 bits per heavy atom. The molecule has 2 rings (SSSR count). The molecule has 1 aromatic rings. The van der Waals surface area contributed by atoms with Gasteiger partial charge >= 0.3 is 0 Å². The van der Waals surface area contributed by atoms with Gasteiger partial charge < -0.3 is 4.74 Å². The molecule has 0 aliphatic carbocycles. The van der Waals surface area contributed by atoms with Gasteiger partial charge in [-0.3, -0.25) is 14.5 Å². The molecule has 0 radical (unpaired) electrons. The molecule has 0 saturated carbocycles. The highest BCUT2D eigenvalue weighted by Crippen LogP contribution is 2.32. The number of rotatable bonds is 3. The maximum atomic E-state index is 14.0. The average Bonchev–Trinajstić information content (AvgIpc) is 2.53. The van der Waals surface area contributed by atoms with Crippen molar-refractivity contribution < 1.29 is 18.7 Å². The lowest BCUT2D eigenvalue weighted by Crippen LogP contribution is -2.35. The molecular weight excluding hydrogens is 261 g/mol. The number of carbonyl (C=O) groups is 2. The summed E-state index contributed by atoms with van der Waals surface area (Å²) in [6.45, 7) is 7.77. The Labute approximate surface area is 117 Å². The van der Waals surface area contributed by atoms with E-state index in [0.29, 0.717) is 5.56 Å². The van der Waals surface area contributed by atoms with Crippen molar-refractivity contribution in [2.75, 3.05) is 18.1 Å². The van der Waals surface area contributed by atoms with Gasteiger partial charge in [-0.1, -0.05) is 0 Å². The summed E-state index contributed by atoms with van der Waals surface area (Å²) in [6.07, 6.45) is 0. The van der Waals surface area contributed by atoms with E-state index < -0.39 is 17.5 Å². The molecular formula is C15H18FNO3. The van der Waals surface area contributed by atoms with Crippen LogP contribution in [0.3, 0.4) is 0 Å². The van der Waals surface area contributed by atoms with E-state index in [9.17, 15) is 14.0 Å². The number of hydrogen-bond donors (Lipinski definition) is 0. The third-order valence-corrected chi connectivity index (χ3v) is 3.01. The van der Waals surface area contributed by atoms with E-state index in [1.165, 1.54) is 6.07 Å². The smallest absolute Gasteiger partial charge is 0.299 e. The highest BCUT2D eigenvalue weighted by Gasteiger charge is 2.38. The van der Waals surface area contributed by atoms with Crippen LogP contribution < -0.4 is 4.90 Å². The number of benzene rings is 1. The van der Waals surface area contributed by atoms with Crippen LogP contribution in [0.2, 0.25) is 0 Å². The lowest BCUT2D eigenvalue weighted by molar-refractivity contribution is -0.114. The van der Waals surface area contributed by atoms with Crippen LogP contribution in [0.4, 0.5) is 10.1 Å². The van der Waals surface area contributed by atoms with Crippen molar-refractivity contribution in [2.45, 2.75) is 33.3 Å². The van der Waals surface area contributed by atoms with Gasteiger partial charge in [0.05, 0.1) is 23.5 Å². The third-order valence-electron chi connectivity index (χ3n) is 3.01. The summed E-state index contributed by atoms with van der Waals surface area (Å²) in [5, 5.41) is 0. The number of Topliss-reactive ketones (excluding diaryl/α,β-unsaturated/α-hetero) is 1. The molecule has 0 atom stereocenters. The molecule has 1 amide bonds. The third kappa shape index (κ3) is 2.72. The maximum absolute atomic E-state index is 14.0. The van der Waals surface area contributed by atoms with Crippen LogP contribution >= 0.6 is 0 Å². The molecule has 20 heavy (non-hydrogen) atoms. The van der Waals surface area contributed by atoms with Crippen molar-refractivity contribution in [3.8, 4) is 0 Å². The van der Waals surface area contributed by atoms with Gasteiger partial charge in [0.25, 0.3) is 11.7 Å². The number of nitrogens with zero attached hydrogens (tertiary/aromatic N) is 1. The predicted molar refractivity (Wildman–Crippen MR) is 73.5 cm³/mol. The molecule has 0 saturated heterocycles. The first-order valence-corrected chi connectivity index (χ1v) is 6.51. The second-order valence-electron chi connectivity index (χ2n) is 5.89. The van der Waals surface area contributed by atoms with Crippen molar-refractivity contribution in [1.82, 2.24) is 0 Å². The van der Waals surface area contributed by atoms with Crippen LogP contribution in [-0.2, 0) is 9.53 Å². The monoisotopic (exact) mass is 279 g/mol. The zero-order valence-electron chi connectivity index (χ0n) is 12.1. The Hall–Kier alpha value is -1.75. The summed E-state index contributed by atoms with van der Waals surface area (Å²) in [5.41, 5.74) is 0.489. The van der Waals surface area contributed by atoms with Crippen LogP contribution in [0, 0.1) is 12.7 Å². The van der Waals surface area contributed by atoms with Crippen LogP contribution in [0.5, 0.6) is 0 Å². The summed E-state index contributed by atoms with van der Waals surface area (Å²) in [6, 6.07) is 2.87. The molecule has 108 valence electrons. The van der Waals surface area contributed by atoms with E-state index in [4.69, 9.17) is 4.74 Å². The number of ketones is 1. The quantitative estimate of drug-likeness (QED) is 0.799. The van der Waals surface area contributed by atoms with Crippen molar-refractivity contribution in [3.63, 3.8) is 0 Å². The second-order valence-corrected chi connectivity index (χ2v) is 5.89. The molecule has 0 fully saturated rings. The Bertz CT molecular complexity index is 575. The molecule has 0 bridgehead atoms. The first-order chi connectivity index (χ1) is 9.20. The maximum Gasteiger partial charge on any atom is 0.299 e. The SMILES string of the molecule is Cc1cc(F)c2c(c1)C(=O)C(=O)N2CCOC(C)(C)C. The number of ether oxygens (including phenoxy) is 1. The zero-order valence-corrected chi connectivity index (χ0v) is 12.1. The number of hydrogen-bond acceptors (Lipinski definition) is 3. The number of aryl methyl sites for hydroxylation is 1. The van der Waals surface area contributed by atoms with Crippen molar-refractivity contribution in [3.05, 3.63) is 29.1 Å². The van der Waals surface area contributed by atoms with Crippen molar-refractivity contribution in [1.29, 1.82) is 0 Å². The Balaban J connectivity index is 2.25. The largest absolute Gasteiger partial charge is 0.374 e. The molecule has 1 aliphatic rings. The second kappa shape index (κ2) is 4.98. The van der Waals surface area contributed by atoms with Gasteiger partial charge in [-0.15, -0.1) is 0 Å². The van der Waals surface area contributed by atoms with Gasteiger partial charge in [0, 0.05) is 6.54 Å². The standard InChI is InChI=1S/C15H18FNO3/c1-9-7-10-12(11(16)8-9)17(14(19)13(10)18)5-6-20-15(2,3)4/h7-8H,5-6H2,1-4H3. The first kappa shape index (κ1) is 14.7. The number of carbonyl (C=O) groups excluding carboxylic acids is 2. The van der Waals surface area contributed by atoms with Crippen LogP contribution in [0.15, 0.2) is 12.1 Å². The van der Waals surface area contributed by atoms with Crippen LogP contribution in [0.25, 0.3) is 0 Å². The van der Waals surface area contributed by atoms with E-state index in [-0.39, 0.29) is 30.0 Å². The molecule has 0 unspecified atom stereocenters. The predicted octanol–water partition coefficient (Wildman–Crippen LogP) is 2.48. The number of halogens is 1. The zero-order chi connectivity index (χ0) is 15.1. The van der Waals surface area contributed by atoms with Crippen LogP contribution in [-0.4, -0.2) is 30.4 Å². The minimum absolute atomic E-state index is 0.0723. The topological polar surface area (TPSA) is 46.6 Å². The lowest BCUT2D eigenvalue weighted by Gasteiger charge is -2.23. The summed E-state index contributed by atoms with van der Waals surface area (Å²) in [7, 11) is 0. The van der Waals surface area contributed by atoms with E-state index in [1.807, 2.05) is 20.8 Å². The molecule has 1 aliphatic heterocycles. The van der Waals surface area contributed by atoms with E-state index in [1.54, 1.807) is 13.0 Å². The molecule has 5 heteroatoms. The minimum atomic E-state index is -0.693. The van der Waals surface area contributed by atoms with Crippen molar-refractivity contribution in [2.24, 2.45) is 0 Å². The van der Waals surface area contributed by atoms with E-state index in [2.05, 4.69) is 0 Å². The summed E-state index contributed by atoms with van der Waals surface area (Å²) >= 11 is 0. The lowest BCUT2D eigenvalue weighted by atomic mass is 10.1. The molecule has 0 aromatic heterocycles. The van der Waals surface area contributed by atoms with Gasteiger partial charge in [-0.25, -0.2) is 4.39 Å². The van der Waals surface area contributed by atoms with Gasteiger partial charge in [0.2, 0.25) is 0 Å². The molecule has 1 aromatic carbocycles. The van der Waals surface area contributed by atoms with E-state index in [0.717, 1.165) is 4.90 Å². The van der Waals surface area contributed by atoms with Gasteiger partial charge in [0.15, 0.2) is 0 Å². The molecule has 1 heterocycles. The molecule has 0 N–H and O–H groups in total. The van der Waals surface area contributed by atoms with Crippen LogP contribution in [0.1, 0.15) is 36.7 Å². The van der Waals surface area contributed by atoms with Gasteiger partial charge in [-0.2, -0.15) is 0 Å². The van der Waals surface area contributed by atoms with Crippen molar-refractivity contribution >= 4 is 17.4 Å². The number of anilines is 1.